The molecule has 1 N–H and O–H groups in total. The van der Waals surface area contributed by atoms with Gasteiger partial charge in [0.1, 0.15) is 18.2 Å². The molecule has 0 bridgehead atoms. The van der Waals surface area contributed by atoms with Gasteiger partial charge < -0.3 is 24.3 Å². The van der Waals surface area contributed by atoms with Gasteiger partial charge in [0, 0.05) is 18.8 Å². The predicted octanol–water partition coefficient (Wildman–Crippen LogP) is 6.79. The highest BCUT2D eigenvalue weighted by molar-refractivity contribution is 5.78. The van der Waals surface area contributed by atoms with Crippen LogP contribution in [0.1, 0.15) is 106 Å². The molecule has 2 saturated heterocycles. The van der Waals surface area contributed by atoms with Gasteiger partial charge in [0.15, 0.2) is 5.79 Å². The number of amides is 1. The number of alkyl carbamates (subject to hydrolysis) is 1. The Kier molecular flexibility index (Phi) is 7.37. The number of carbonyl (C=O) groups excluding carboxylic acids is 2. The molecule has 7 heteroatoms. The molecule has 6 rings (SSSR count). The highest BCUT2D eigenvalue weighted by Crippen LogP contribution is 2.70. The fourth-order valence-electron chi connectivity index (χ4n) is 10.4. The summed E-state index contributed by atoms with van der Waals surface area (Å²) >= 11 is 0. The van der Waals surface area contributed by atoms with Crippen LogP contribution in [0.3, 0.4) is 0 Å². The molecule has 2 aliphatic heterocycles. The molecule has 41 heavy (non-hydrogen) atoms. The molecule has 230 valence electrons. The number of fused-ring (bicyclic) bond motifs is 7. The Labute approximate surface area is 246 Å². The first kappa shape index (κ1) is 29.5. The number of hydrogen-bond acceptors (Lipinski definition) is 6. The zero-order chi connectivity index (χ0) is 29.4. The van der Waals surface area contributed by atoms with Crippen LogP contribution < -0.4 is 5.32 Å². The Morgan fingerprint density at radius 2 is 1.85 bits per heavy atom. The van der Waals surface area contributed by atoms with Crippen molar-refractivity contribution >= 4 is 12.1 Å². The van der Waals surface area contributed by atoms with Gasteiger partial charge in [-0.3, -0.25) is 4.79 Å². The van der Waals surface area contributed by atoms with E-state index >= 15 is 0 Å². The summed E-state index contributed by atoms with van der Waals surface area (Å²) in [6.07, 6.45) is 12.0. The fraction of sp³-hybridized carbons (Fsp3) is 0.882. The third-order valence-electron chi connectivity index (χ3n) is 12.4. The lowest BCUT2D eigenvalue weighted by atomic mass is 9.47. The topological polar surface area (TPSA) is 83.1 Å². The van der Waals surface area contributed by atoms with E-state index in [1.807, 2.05) is 0 Å². The van der Waals surface area contributed by atoms with Gasteiger partial charge in [0.2, 0.25) is 0 Å². The van der Waals surface area contributed by atoms with Crippen LogP contribution in [-0.4, -0.2) is 48.8 Å². The largest absolute Gasteiger partial charge is 0.461 e. The average Bonchev–Trinajstić information content (AvgIpc) is 3.34. The van der Waals surface area contributed by atoms with Crippen LogP contribution in [0.25, 0.3) is 0 Å². The minimum absolute atomic E-state index is 0.123. The van der Waals surface area contributed by atoms with Crippen molar-refractivity contribution in [2.24, 2.45) is 46.3 Å². The zero-order valence-corrected chi connectivity index (χ0v) is 26.4. The Hall–Kier alpha value is -1.60. The first-order valence-corrected chi connectivity index (χ1v) is 16.4. The smallest absolute Gasteiger partial charge is 0.408 e. The average molecular weight is 572 g/mol. The quantitative estimate of drug-likeness (QED) is 0.297. The van der Waals surface area contributed by atoms with E-state index in [1.165, 1.54) is 31.3 Å². The van der Waals surface area contributed by atoms with Gasteiger partial charge in [-0.1, -0.05) is 39.3 Å². The van der Waals surface area contributed by atoms with Crippen molar-refractivity contribution in [2.75, 3.05) is 13.2 Å². The van der Waals surface area contributed by atoms with E-state index in [1.54, 1.807) is 20.8 Å². The van der Waals surface area contributed by atoms with E-state index in [0.717, 1.165) is 38.7 Å². The Bertz CT molecular complexity index is 1070. The molecular weight excluding hydrogens is 518 g/mol. The van der Waals surface area contributed by atoms with Gasteiger partial charge in [0.05, 0.1) is 12.7 Å². The number of esters is 1. The molecule has 2 heterocycles. The number of ether oxygens (including phenoxy) is 4. The van der Waals surface area contributed by atoms with E-state index in [2.05, 4.69) is 39.1 Å². The molecule has 0 radical (unpaired) electrons. The van der Waals surface area contributed by atoms with Gasteiger partial charge >= 0.3 is 12.1 Å². The molecular formula is C34H53NO6. The second kappa shape index (κ2) is 10.2. The summed E-state index contributed by atoms with van der Waals surface area (Å²) in [6, 6.07) is 0. The van der Waals surface area contributed by atoms with Gasteiger partial charge in [-0.05, 0) is 106 Å². The molecule has 1 spiro atoms. The Morgan fingerprint density at radius 3 is 2.56 bits per heavy atom. The highest BCUT2D eigenvalue weighted by Gasteiger charge is 2.68. The second-order valence-electron chi connectivity index (χ2n) is 16.0. The van der Waals surface area contributed by atoms with Gasteiger partial charge in [-0.15, -0.1) is 0 Å². The van der Waals surface area contributed by atoms with Crippen molar-refractivity contribution < 1.29 is 28.5 Å². The van der Waals surface area contributed by atoms with E-state index in [-0.39, 0.29) is 23.9 Å². The maximum absolute atomic E-state index is 12.5. The molecule has 5 fully saturated rings. The van der Waals surface area contributed by atoms with Crippen LogP contribution in [0.4, 0.5) is 4.79 Å². The van der Waals surface area contributed by atoms with E-state index in [4.69, 9.17) is 18.9 Å². The van der Waals surface area contributed by atoms with Crippen molar-refractivity contribution in [3.05, 3.63) is 11.6 Å². The van der Waals surface area contributed by atoms with Crippen LogP contribution in [0.5, 0.6) is 0 Å². The molecule has 6 aliphatic rings. The van der Waals surface area contributed by atoms with Crippen LogP contribution in [0, 0.1) is 46.3 Å². The number of allylic oxidation sites excluding steroid dienone is 1. The number of carbonyl (C=O) groups is 2. The van der Waals surface area contributed by atoms with E-state index < -0.39 is 17.7 Å². The molecule has 0 aromatic rings. The lowest BCUT2D eigenvalue weighted by molar-refractivity contribution is -0.272. The molecule has 4 aliphatic carbocycles. The molecule has 0 unspecified atom stereocenters. The number of hydrogen-bond donors (Lipinski definition) is 1. The zero-order valence-electron chi connectivity index (χ0n) is 26.4. The molecule has 1 amide bonds. The van der Waals surface area contributed by atoms with Crippen molar-refractivity contribution in [1.29, 1.82) is 0 Å². The minimum Gasteiger partial charge on any atom is -0.461 e. The second-order valence-corrected chi connectivity index (χ2v) is 16.0. The van der Waals surface area contributed by atoms with Crippen molar-refractivity contribution in [3.8, 4) is 0 Å². The van der Waals surface area contributed by atoms with Crippen LogP contribution in [0.2, 0.25) is 0 Å². The van der Waals surface area contributed by atoms with Crippen LogP contribution in [-0.2, 0) is 23.7 Å². The van der Waals surface area contributed by atoms with Gasteiger partial charge in [-0.25, -0.2) is 4.79 Å². The molecule has 7 nitrogen and oxygen atoms in total. The summed E-state index contributed by atoms with van der Waals surface area (Å²) in [4.78, 5) is 24.5. The molecule has 0 aromatic carbocycles. The Balaban J connectivity index is 1.09. The highest BCUT2D eigenvalue weighted by atomic mass is 16.7. The first-order valence-electron chi connectivity index (χ1n) is 16.4. The van der Waals surface area contributed by atoms with Crippen molar-refractivity contribution in [3.63, 3.8) is 0 Å². The Morgan fingerprint density at radius 1 is 1.07 bits per heavy atom. The normalized spacial score (nSPS) is 47.0. The molecule has 11 atom stereocenters. The summed E-state index contributed by atoms with van der Waals surface area (Å²) < 4.78 is 24.5. The van der Waals surface area contributed by atoms with Crippen molar-refractivity contribution in [1.82, 2.24) is 5.32 Å². The van der Waals surface area contributed by atoms with E-state index in [0.29, 0.717) is 47.0 Å². The molecule has 3 saturated carbocycles. The maximum Gasteiger partial charge on any atom is 0.408 e. The summed E-state index contributed by atoms with van der Waals surface area (Å²) in [5.41, 5.74) is 1.38. The first-order chi connectivity index (χ1) is 19.2. The predicted molar refractivity (Wildman–Crippen MR) is 156 cm³/mol. The van der Waals surface area contributed by atoms with Crippen LogP contribution >= 0.6 is 0 Å². The third kappa shape index (κ3) is 5.05. The van der Waals surface area contributed by atoms with E-state index in [9.17, 15) is 9.59 Å². The lowest BCUT2D eigenvalue weighted by Crippen LogP contribution is -2.52. The summed E-state index contributed by atoms with van der Waals surface area (Å²) in [7, 11) is 0. The monoisotopic (exact) mass is 571 g/mol. The molecule has 0 aromatic heterocycles. The van der Waals surface area contributed by atoms with Gasteiger partial charge in [0.25, 0.3) is 0 Å². The standard InChI is InChI=1S/C34H53NO6/c1-20-10-15-34(38-19-20)21(2)29-27(40-34)17-26-24-9-8-22-16-23(39-28(36)18-35-30(37)41-31(3,4)5)11-13-32(22,6)25(24)12-14-33(26,29)7/h8,20-21,23-27,29H,9-19H2,1-7H3,(H,35,37)/t20-,21+,23+,24-,25+,26+,27+,29+,32+,33+,34-/m1/s1. The summed E-state index contributed by atoms with van der Waals surface area (Å²) in [6.45, 7) is 15.9. The van der Waals surface area contributed by atoms with Crippen molar-refractivity contribution in [2.45, 2.75) is 130 Å². The minimum atomic E-state index is -0.600. The lowest BCUT2D eigenvalue weighted by Gasteiger charge is -2.58. The number of rotatable bonds is 3. The summed E-state index contributed by atoms with van der Waals surface area (Å²) in [5, 5.41) is 2.53. The van der Waals surface area contributed by atoms with Crippen LogP contribution in [0.15, 0.2) is 11.6 Å². The number of nitrogens with one attached hydrogen (secondary N) is 1. The summed E-state index contributed by atoms with van der Waals surface area (Å²) in [5.74, 6) is 3.00. The van der Waals surface area contributed by atoms with Gasteiger partial charge in [-0.2, -0.15) is 0 Å². The maximum atomic E-state index is 12.5. The fourth-order valence-corrected chi connectivity index (χ4v) is 10.4. The SMILES string of the molecule is C[C@@H]1CC[C@@]2(OC1)O[C@H]1C[C@H]3[C@@H]4CC=C5C[C@@H](OC(=O)CNC(=O)OC(C)(C)C)CC[C@]5(C)[C@H]4CC[C@]3(C)[C@H]1[C@@H]2C. The third-order valence-corrected chi connectivity index (χ3v) is 12.4.